The van der Waals surface area contributed by atoms with Gasteiger partial charge in [0.2, 0.25) is 5.90 Å². The average Bonchev–Trinajstić information content (AvgIpc) is 2.61. The van der Waals surface area contributed by atoms with Crippen LogP contribution in [0.1, 0.15) is 11.1 Å². The molecule has 3 rings (SSSR count). The van der Waals surface area contributed by atoms with Gasteiger partial charge in [-0.15, -0.1) is 0 Å². The van der Waals surface area contributed by atoms with E-state index in [0.717, 1.165) is 5.56 Å². The molecule has 2 heterocycles. The van der Waals surface area contributed by atoms with E-state index in [1.165, 1.54) is 29.2 Å². The SMILES string of the molecule is Cc1ccc(C2=NC(C(F)(F)F)(C(F)(F)F)N=C(N3CCOCC3)O2)cc1. The van der Waals surface area contributed by atoms with Crippen molar-refractivity contribution < 1.29 is 35.8 Å². The number of halogens is 6. The molecule has 2 aliphatic rings. The van der Waals surface area contributed by atoms with E-state index in [1.807, 2.05) is 0 Å². The third-order valence-corrected chi connectivity index (χ3v) is 4.08. The van der Waals surface area contributed by atoms with Crippen LogP contribution in [-0.4, -0.2) is 61.1 Å². The molecule has 0 amide bonds. The molecule has 0 bridgehead atoms. The lowest BCUT2D eigenvalue weighted by Gasteiger charge is -2.37. The van der Waals surface area contributed by atoms with Crippen LogP contribution >= 0.6 is 0 Å². The number of hydrogen-bond acceptors (Lipinski definition) is 5. The lowest BCUT2D eigenvalue weighted by atomic mass is 10.1. The Morgan fingerprint density at radius 3 is 2.00 bits per heavy atom. The van der Waals surface area contributed by atoms with Gasteiger partial charge in [0.15, 0.2) is 0 Å². The van der Waals surface area contributed by atoms with Crippen LogP contribution in [0.3, 0.4) is 0 Å². The zero-order valence-electron chi connectivity index (χ0n) is 14.1. The zero-order chi connectivity index (χ0) is 19.9. The van der Waals surface area contributed by atoms with Gasteiger partial charge < -0.3 is 14.4 Å². The summed E-state index contributed by atoms with van der Waals surface area (Å²) < 4.78 is 91.7. The minimum atomic E-state index is -5.80. The van der Waals surface area contributed by atoms with E-state index in [0.29, 0.717) is 0 Å². The standard InChI is InChI=1S/C16H15F6N3O2/c1-10-2-4-11(5-3-10)12-23-14(15(17,18)19,16(20,21)22)24-13(27-12)25-6-8-26-9-7-25/h2-5H,6-9H2,1H3. The van der Waals surface area contributed by atoms with E-state index in [9.17, 15) is 26.3 Å². The fourth-order valence-electron chi connectivity index (χ4n) is 2.57. The molecule has 1 fully saturated rings. The zero-order valence-corrected chi connectivity index (χ0v) is 14.1. The van der Waals surface area contributed by atoms with Crippen molar-refractivity contribution in [1.29, 1.82) is 0 Å². The van der Waals surface area contributed by atoms with Gasteiger partial charge >= 0.3 is 18.0 Å². The largest absolute Gasteiger partial charge is 0.443 e. The first-order valence-corrected chi connectivity index (χ1v) is 7.94. The number of rotatable bonds is 1. The number of nitrogens with zero attached hydrogens (tertiary/aromatic N) is 3. The van der Waals surface area contributed by atoms with Gasteiger partial charge in [0, 0.05) is 18.7 Å². The van der Waals surface area contributed by atoms with E-state index in [1.54, 1.807) is 6.92 Å². The number of aryl methyl sites for hydroxylation is 1. The van der Waals surface area contributed by atoms with Crippen LogP contribution in [0.5, 0.6) is 0 Å². The van der Waals surface area contributed by atoms with Crippen molar-refractivity contribution in [2.75, 3.05) is 26.3 Å². The molecule has 0 aliphatic carbocycles. The molecule has 27 heavy (non-hydrogen) atoms. The second-order valence-corrected chi connectivity index (χ2v) is 6.05. The molecule has 0 N–H and O–H groups in total. The molecular formula is C16H15F6N3O2. The second-order valence-electron chi connectivity index (χ2n) is 6.05. The van der Waals surface area contributed by atoms with Crippen molar-refractivity contribution in [3.05, 3.63) is 35.4 Å². The normalized spacial score (nSPS) is 20.6. The predicted molar refractivity (Wildman–Crippen MR) is 83.5 cm³/mol. The first kappa shape index (κ1) is 19.5. The topological polar surface area (TPSA) is 46.4 Å². The molecule has 11 heteroatoms. The lowest BCUT2D eigenvalue weighted by Crippen LogP contribution is -2.58. The number of aliphatic imine (C=N–C) groups is 2. The highest BCUT2D eigenvalue weighted by Gasteiger charge is 2.74. The Kier molecular flexibility index (Phi) is 4.83. The molecular weight excluding hydrogens is 380 g/mol. The van der Waals surface area contributed by atoms with Gasteiger partial charge in [0.1, 0.15) is 0 Å². The molecule has 0 unspecified atom stereocenters. The molecule has 148 valence electrons. The van der Waals surface area contributed by atoms with Crippen molar-refractivity contribution >= 4 is 11.9 Å². The Hall–Kier alpha value is -2.30. The van der Waals surface area contributed by atoms with Gasteiger partial charge in [-0.3, -0.25) is 0 Å². The van der Waals surface area contributed by atoms with Gasteiger partial charge in [-0.05, 0) is 19.1 Å². The Balaban J connectivity index is 2.14. The molecule has 1 aromatic rings. The minimum absolute atomic E-state index is 0.0147. The Morgan fingerprint density at radius 2 is 1.48 bits per heavy atom. The summed E-state index contributed by atoms with van der Waals surface area (Å²) in [6.45, 7) is 2.08. The number of alkyl halides is 6. The lowest BCUT2D eigenvalue weighted by molar-refractivity contribution is -0.293. The van der Waals surface area contributed by atoms with Crippen LogP contribution in [0.15, 0.2) is 34.3 Å². The van der Waals surface area contributed by atoms with Gasteiger partial charge in [0.05, 0.1) is 13.2 Å². The van der Waals surface area contributed by atoms with Crippen LogP contribution in [0.25, 0.3) is 0 Å². The van der Waals surface area contributed by atoms with E-state index < -0.39 is 29.9 Å². The predicted octanol–water partition coefficient (Wildman–Crippen LogP) is 3.28. The van der Waals surface area contributed by atoms with E-state index in [2.05, 4.69) is 9.98 Å². The molecule has 0 saturated carbocycles. The number of hydrogen-bond donors (Lipinski definition) is 0. The summed E-state index contributed by atoms with van der Waals surface area (Å²) in [5.41, 5.74) is -3.87. The number of morpholine rings is 1. The second kappa shape index (κ2) is 6.70. The maximum atomic E-state index is 13.6. The van der Waals surface area contributed by atoms with Gasteiger partial charge in [-0.25, -0.2) is 4.99 Å². The number of amidine groups is 1. The highest BCUT2D eigenvalue weighted by Crippen LogP contribution is 2.48. The monoisotopic (exact) mass is 395 g/mol. The third kappa shape index (κ3) is 3.60. The summed E-state index contributed by atoms with van der Waals surface area (Å²) in [7, 11) is 0. The molecule has 2 aliphatic heterocycles. The van der Waals surface area contributed by atoms with Crippen LogP contribution in [0.2, 0.25) is 0 Å². The summed E-state index contributed by atoms with van der Waals surface area (Å²) in [5.74, 6) is -0.791. The highest BCUT2D eigenvalue weighted by molar-refractivity contribution is 6.02. The summed E-state index contributed by atoms with van der Waals surface area (Å²) in [4.78, 5) is 6.98. The quantitative estimate of drug-likeness (QED) is 0.686. The van der Waals surface area contributed by atoms with Crippen molar-refractivity contribution in [2.24, 2.45) is 9.98 Å². The first-order chi connectivity index (χ1) is 12.5. The smallest absolute Gasteiger partial charge is 0.406 e. The van der Waals surface area contributed by atoms with Gasteiger partial charge in [-0.1, -0.05) is 17.7 Å². The Morgan fingerprint density at radius 1 is 0.926 bits per heavy atom. The van der Waals surface area contributed by atoms with Crippen LogP contribution in [0.4, 0.5) is 26.3 Å². The maximum absolute atomic E-state index is 13.6. The summed E-state index contributed by atoms with van der Waals surface area (Å²) >= 11 is 0. The van der Waals surface area contributed by atoms with Crippen molar-refractivity contribution in [3.63, 3.8) is 0 Å². The Bertz CT molecular complexity index is 735. The van der Waals surface area contributed by atoms with Crippen molar-refractivity contribution in [1.82, 2.24) is 4.90 Å². The fraction of sp³-hybridized carbons (Fsp3) is 0.500. The number of ether oxygens (including phenoxy) is 2. The van der Waals surface area contributed by atoms with Crippen LogP contribution in [-0.2, 0) is 9.47 Å². The van der Waals surface area contributed by atoms with E-state index in [-0.39, 0.29) is 31.9 Å². The molecule has 0 radical (unpaired) electrons. The molecule has 0 atom stereocenters. The first-order valence-electron chi connectivity index (χ1n) is 7.94. The van der Waals surface area contributed by atoms with Crippen molar-refractivity contribution in [2.45, 2.75) is 24.9 Å². The molecule has 0 spiro atoms. The maximum Gasteiger partial charge on any atom is 0.443 e. The summed E-state index contributed by atoms with van der Waals surface area (Å²) in [5, 5.41) is 0. The minimum Gasteiger partial charge on any atom is -0.406 e. The van der Waals surface area contributed by atoms with Gasteiger partial charge in [0.25, 0.3) is 6.02 Å². The Labute approximate surface area is 150 Å². The molecule has 1 saturated heterocycles. The number of benzene rings is 1. The molecule has 1 aromatic carbocycles. The summed E-state index contributed by atoms with van der Waals surface area (Å²) in [6.07, 6.45) is -11.6. The molecule has 5 nitrogen and oxygen atoms in total. The average molecular weight is 395 g/mol. The van der Waals surface area contributed by atoms with E-state index in [4.69, 9.17) is 9.47 Å². The fourth-order valence-corrected chi connectivity index (χ4v) is 2.57. The van der Waals surface area contributed by atoms with Crippen molar-refractivity contribution in [3.8, 4) is 0 Å². The summed E-state index contributed by atoms with van der Waals surface area (Å²) in [6, 6.07) is 4.97. The van der Waals surface area contributed by atoms with Crippen LogP contribution in [0, 0.1) is 6.92 Å². The van der Waals surface area contributed by atoms with E-state index >= 15 is 0 Å². The molecule has 0 aromatic heterocycles. The van der Waals surface area contributed by atoms with Gasteiger partial charge in [-0.2, -0.15) is 31.3 Å². The highest BCUT2D eigenvalue weighted by atomic mass is 19.4. The van der Waals surface area contributed by atoms with Crippen LogP contribution < -0.4 is 0 Å². The third-order valence-electron chi connectivity index (χ3n) is 4.08.